The van der Waals surface area contributed by atoms with Gasteiger partial charge in [-0.1, -0.05) is 22.0 Å². The lowest BCUT2D eigenvalue weighted by Crippen LogP contribution is -2.25. The summed E-state index contributed by atoms with van der Waals surface area (Å²) in [6.45, 7) is 2.17. The number of aryl methyl sites for hydroxylation is 1. The SMILES string of the molecule is Cc1ccc(Br)cc1S(=O)(=O)Nc1ccc(N2CCCS2(=O)=O)cc1. The number of benzene rings is 2. The minimum absolute atomic E-state index is 0.142. The summed E-state index contributed by atoms with van der Waals surface area (Å²) in [6, 6.07) is 11.4. The van der Waals surface area contributed by atoms with Gasteiger partial charge >= 0.3 is 0 Å². The summed E-state index contributed by atoms with van der Waals surface area (Å²) in [5.41, 5.74) is 1.55. The number of rotatable bonds is 4. The van der Waals surface area contributed by atoms with Crippen molar-refractivity contribution in [3.63, 3.8) is 0 Å². The van der Waals surface area contributed by atoms with Gasteiger partial charge in [0.05, 0.1) is 16.3 Å². The van der Waals surface area contributed by atoms with Gasteiger partial charge in [-0.05, 0) is 55.3 Å². The zero-order chi connectivity index (χ0) is 18.2. The van der Waals surface area contributed by atoms with E-state index in [4.69, 9.17) is 0 Å². The van der Waals surface area contributed by atoms with Crippen LogP contribution in [0.15, 0.2) is 51.8 Å². The minimum Gasteiger partial charge on any atom is -0.280 e. The van der Waals surface area contributed by atoms with E-state index in [0.29, 0.717) is 34.4 Å². The van der Waals surface area contributed by atoms with Crippen LogP contribution in [0.2, 0.25) is 0 Å². The average Bonchev–Trinajstić information content (AvgIpc) is 2.89. The van der Waals surface area contributed by atoms with Crippen molar-refractivity contribution in [2.45, 2.75) is 18.2 Å². The van der Waals surface area contributed by atoms with Gasteiger partial charge in [0.2, 0.25) is 10.0 Å². The van der Waals surface area contributed by atoms with Gasteiger partial charge in [0.25, 0.3) is 10.0 Å². The molecule has 1 aliphatic rings. The maximum absolute atomic E-state index is 12.6. The Kier molecular flexibility index (Phi) is 4.82. The second-order valence-corrected chi connectivity index (χ2v) is 10.4. The van der Waals surface area contributed by atoms with Crippen LogP contribution in [-0.4, -0.2) is 29.1 Å². The molecule has 6 nitrogen and oxygen atoms in total. The van der Waals surface area contributed by atoms with E-state index in [1.54, 1.807) is 49.4 Å². The fourth-order valence-corrected chi connectivity index (χ4v) is 6.11. The molecule has 2 aromatic rings. The summed E-state index contributed by atoms with van der Waals surface area (Å²) in [7, 11) is -6.99. The highest BCUT2D eigenvalue weighted by Crippen LogP contribution is 2.27. The van der Waals surface area contributed by atoms with Gasteiger partial charge in [-0.2, -0.15) is 0 Å². The molecule has 1 N–H and O–H groups in total. The molecule has 1 aliphatic heterocycles. The highest BCUT2D eigenvalue weighted by atomic mass is 79.9. The maximum atomic E-state index is 12.6. The smallest absolute Gasteiger partial charge is 0.262 e. The van der Waals surface area contributed by atoms with Crippen LogP contribution < -0.4 is 9.03 Å². The molecule has 0 saturated carbocycles. The van der Waals surface area contributed by atoms with E-state index >= 15 is 0 Å². The molecule has 0 spiro atoms. The van der Waals surface area contributed by atoms with Crippen molar-refractivity contribution in [1.29, 1.82) is 0 Å². The lowest BCUT2D eigenvalue weighted by molar-refractivity contribution is 0.598. The fraction of sp³-hybridized carbons (Fsp3) is 0.250. The molecule has 134 valence electrons. The molecule has 0 aliphatic carbocycles. The third-order valence-corrected chi connectivity index (χ3v) is 7.83. The molecule has 1 fully saturated rings. The Morgan fingerprint density at radius 1 is 1.12 bits per heavy atom. The first-order valence-corrected chi connectivity index (χ1v) is 11.5. The molecule has 0 unspecified atom stereocenters. The molecule has 3 rings (SSSR count). The van der Waals surface area contributed by atoms with Crippen LogP contribution in [-0.2, 0) is 20.0 Å². The first-order chi connectivity index (χ1) is 11.7. The van der Waals surface area contributed by atoms with Crippen molar-refractivity contribution in [3.05, 3.63) is 52.5 Å². The van der Waals surface area contributed by atoms with Crippen molar-refractivity contribution in [3.8, 4) is 0 Å². The lowest BCUT2D eigenvalue weighted by atomic mass is 10.2. The van der Waals surface area contributed by atoms with Gasteiger partial charge in [0.1, 0.15) is 0 Å². The molecule has 2 aromatic carbocycles. The summed E-state index contributed by atoms with van der Waals surface area (Å²) in [5.74, 6) is 0.142. The Balaban J connectivity index is 1.85. The Morgan fingerprint density at radius 2 is 1.80 bits per heavy atom. The molecule has 0 atom stereocenters. The first kappa shape index (κ1) is 18.2. The van der Waals surface area contributed by atoms with E-state index in [1.165, 1.54) is 4.31 Å². The standard InChI is InChI=1S/C16H17BrN2O4S2/c1-12-3-4-13(17)11-16(12)25(22,23)18-14-5-7-15(8-6-14)19-9-2-10-24(19,20)21/h3-8,11,18H,2,9-10H2,1H3. The second kappa shape index (κ2) is 6.62. The number of nitrogens with one attached hydrogen (secondary N) is 1. The first-order valence-electron chi connectivity index (χ1n) is 7.58. The molecule has 0 aromatic heterocycles. The molecule has 1 heterocycles. The average molecular weight is 445 g/mol. The van der Waals surface area contributed by atoms with Crippen LogP contribution in [0.3, 0.4) is 0 Å². The quantitative estimate of drug-likeness (QED) is 0.784. The summed E-state index contributed by atoms with van der Waals surface area (Å²) < 4.78 is 53.6. The number of hydrogen-bond acceptors (Lipinski definition) is 4. The van der Waals surface area contributed by atoms with Crippen molar-refractivity contribution < 1.29 is 16.8 Å². The molecule has 0 radical (unpaired) electrons. The van der Waals surface area contributed by atoms with E-state index in [1.807, 2.05) is 0 Å². The van der Waals surface area contributed by atoms with Crippen molar-refractivity contribution in [1.82, 2.24) is 0 Å². The van der Waals surface area contributed by atoms with Crippen LogP contribution in [0.1, 0.15) is 12.0 Å². The van der Waals surface area contributed by atoms with E-state index in [9.17, 15) is 16.8 Å². The largest absolute Gasteiger partial charge is 0.280 e. The molecular weight excluding hydrogens is 428 g/mol. The highest BCUT2D eigenvalue weighted by molar-refractivity contribution is 9.10. The Labute approximate surface area is 156 Å². The fourth-order valence-electron chi connectivity index (χ4n) is 2.70. The van der Waals surface area contributed by atoms with Crippen LogP contribution >= 0.6 is 15.9 Å². The van der Waals surface area contributed by atoms with Gasteiger partial charge in [0, 0.05) is 16.7 Å². The number of sulfonamides is 2. The van der Waals surface area contributed by atoms with Crippen molar-refractivity contribution >= 4 is 47.4 Å². The predicted octanol–water partition coefficient (Wildman–Crippen LogP) is 3.10. The van der Waals surface area contributed by atoms with Crippen LogP contribution in [0, 0.1) is 6.92 Å². The van der Waals surface area contributed by atoms with E-state index in [0.717, 1.165) is 0 Å². The molecule has 25 heavy (non-hydrogen) atoms. The van der Waals surface area contributed by atoms with Crippen LogP contribution in [0.5, 0.6) is 0 Å². The van der Waals surface area contributed by atoms with E-state index in [2.05, 4.69) is 20.7 Å². The lowest BCUT2D eigenvalue weighted by Gasteiger charge is -2.17. The summed E-state index contributed by atoms with van der Waals surface area (Å²) in [5, 5.41) is 0. The number of hydrogen-bond donors (Lipinski definition) is 1. The summed E-state index contributed by atoms with van der Waals surface area (Å²) in [6.07, 6.45) is 0.596. The van der Waals surface area contributed by atoms with Crippen LogP contribution in [0.4, 0.5) is 11.4 Å². The van der Waals surface area contributed by atoms with Gasteiger partial charge in [0.15, 0.2) is 0 Å². The second-order valence-electron chi connectivity index (χ2n) is 5.80. The number of halogens is 1. The number of anilines is 2. The van der Waals surface area contributed by atoms with Gasteiger partial charge in [-0.3, -0.25) is 9.03 Å². The van der Waals surface area contributed by atoms with Gasteiger partial charge < -0.3 is 0 Å². The third-order valence-electron chi connectivity index (χ3n) is 3.95. The normalized spacial score (nSPS) is 16.8. The molecular formula is C16H17BrN2O4S2. The van der Waals surface area contributed by atoms with Gasteiger partial charge in [-0.25, -0.2) is 16.8 Å². The Bertz CT molecular complexity index is 1000. The summed E-state index contributed by atoms with van der Waals surface area (Å²) in [4.78, 5) is 0.188. The molecule has 9 heteroatoms. The van der Waals surface area contributed by atoms with E-state index in [-0.39, 0.29) is 10.6 Å². The highest BCUT2D eigenvalue weighted by Gasteiger charge is 2.28. The third kappa shape index (κ3) is 3.83. The topological polar surface area (TPSA) is 83.6 Å². The van der Waals surface area contributed by atoms with Gasteiger partial charge in [-0.15, -0.1) is 0 Å². The number of nitrogens with zero attached hydrogens (tertiary/aromatic N) is 1. The van der Waals surface area contributed by atoms with Crippen molar-refractivity contribution in [2.75, 3.05) is 21.3 Å². The minimum atomic E-state index is -3.73. The zero-order valence-corrected chi connectivity index (χ0v) is 16.7. The Morgan fingerprint density at radius 3 is 2.40 bits per heavy atom. The van der Waals surface area contributed by atoms with E-state index < -0.39 is 20.0 Å². The molecule has 0 bridgehead atoms. The monoisotopic (exact) mass is 444 g/mol. The molecule has 1 saturated heterocycles. The predicted molar refractivity (Wildman–Crippen MR) is 102 cm³/mol. The maximum Gasteiger partial charge on any atom is 0.262 e. The van der Waals surface area contributed by atoms with Crippen LogP contribution in [0.25, 0.3) is 0 Å². The summed E-state index contributed by atoms with van der Waals surface area (Å²) >= 11 is 3.28. The Hall–Kier alpha value is -1.58. The zero-order valence-electron chi connectivity index (χ0n) is 13.4. The van der Waals surface area contributed by atoms with Crippen molar-refractivity contribution in [2.24, 2.45) is 0 Å². The molecule has 0 amide bonds.